The van der Waals surface area contributed by atoms with Gasteiger partial charge in [0.2, 0.25) is 0 Å². The topological polar surface area (TPSA) is 26.0 Å². The van der Waals surface area contributed by atoms with Crippen molar-refractivity contribution in [1.82, 2.24) is 0 Å². The van der Waals surface area contributed by atoms with Crippen molar-refractivity contribution in [1.29, 1.82) is 0 Å². The van der Waals surface area contributed by atoms with Gasteiger partial charge < -0.3 is 5.73 Å². The number of nitrogen functional groups attached to an aromatic ring is 1. The summed E-state index contributed by atoms with van der Waals surface area (Å²) in [4.78, 5) is 1.60. The molecule has 0 amide bonds. The summed E-state index contributed by atoms with van der Waals surface area (Å²) in [6.07, 6.45) is 6.37. The molecule has 78 valence electrons. The lowest BCUT2D eigenvalue weighted by Gasteiger charge is -2.21. The molecule has 0 radical (unpaired) electrons. The molecule has 2 rings (SSSR count). The van der Waals surface area contributed by atoms with Crippen LogP contribution in [0.5, 0.6) is 0 Å². The number of hydrogen-bond acceptors (Lipinski definition) is 2. The predicted octanol–water partition coefficient (Wildman–Crippen LogP) is 3.72. The maximum absolute atomic E-state index is 6.07. The van der Waals surface area contributed by atoms with E-state index in [-0.39, 0.29) is 0 Å². The van der Waals surface area contributed by atoms with Gasteiger partial charge in [-0.3, -0.25) is 0 Å². The third-order valence-corrected chi connectivity index (χ3v) is 4.64. The Morgan fingerprint density at radius 1 is 1.43 bits per heavy atom. The molecular weight excluding hydrogens is 190 g/mol. The molecule has 2 heteroatoms. The van der Waals surface area contributed by atoms with Gasteiger partial charge in [-0.05, 0) is 49.1 Å². The van der Waals surface area contributed by atoms with Crippen LogP contribution >= 0.6 is 11.3 Å². The lowest BCUT2D eigenvalue weighted by molar-refractivity contribution is 0.548. The van der Waals surface area contributed by atoms with Crippen LogP contribution in [0, 0.1) is 0 Å². The van der Waals surface area contributed by atoms with E-state index < -0.39 is 0 Å². The van der Waals surface area contributed by atoms with Crippen molar-refractivity contribution in [3.63, 3.8) is 0 Å². The molecule has 0 aromatic carbocycles. The smallest absolute Gasteiger partial charge is 0.0894 e. The van der Waals surface area contributed by atoms with Crippen LogP contribution in [0.1, 0.15) is 55.0 Å². The van der Waals surface area contributed by atoms with E-state index in [0.29, 0.717) is 0 Å². The van der Waals surface area contributed by atoms with E-state index in [9.17, 15) is 0 Å². The number of fused-ring (bicyclic) bond motifs is 1. The van der Waals surface area contributed by atoms with Crippen molar-refractivity contribution >= 4 is 16.3 Å². The van der Waals surface area contributed by atoms with E-state index in [1.807, 2.05) is 11.3 Å². The highest BCUT2D eigenvalue weighted by atomic mass is 32.1. The van der Waals surface area contributed by atoms with Crippen LogP contribution in [0.3, 0.4) is 0 Å². The van der Waals surface area contributed by atoms with E-state index in [0.717, 1.165) is 17.3 Å². The third kappa shape index (κ3) is 1.46. The lowest BCUT2D eigenvalue weighted by atomic mass is 9.85. The summed E-state index contributed by atoms with van der Waals surface area (Å²) in [7, 11) is 0. The van der Waals surface area contributed by atoms with Crippen molar-refractivity contribution in [3.05, 3.63) is 16.0 Å². The minimum absolute atomic E-state index is 0.798. The summed E-state index contributed by atoms with van der Waals surface area (Å²) >= 11 is 1.85. The molecule has 14 heavy (non-hydrogen) atoms. The molecule has 1 aromatic heterocycles. The third-order valence-electron chi connectivity index (χ3n) is 3.38. The fourth-order valence-electron chi connectivity index (χ4n) is 2.58. The molecule has 1 unspecified atom stereocenters. The maximum Gasteiger partial charge on any atom is 0.0894 e. The highest BCUT2D eigenvalue weighted by molar-refractivity contribution is 7.16. The van der Waals surface area contributed by atoms with Gasteiger partial charge in [-0.1, -0.05) is 13.8 Å². The monoisotopic (exact) mass is 209 g/mol. The van der Waals surface area contributed by atoms with E-state index in [1.165, 1.54) is 31.2 Å². The number of rotatable bonds is 2. The molecule has 1 aliphatic carbocycles. The SMILES string of the molecule is CCc1c(N)sc2c1CCCC2CC. The fourth-order valence-corrected chi connectivity index (χ4v) is 4.00. The second kappa shape index (κ2) is 3.93. The molecule has 0 aliphatic heterocycles. The van der Waals surface area contributed by atoms with E-state index in [2.05, 4.69) is 13.8 Å². The van der Waals surface area contributed by atoms with Crippen LogP contribution in [-0.2, 0) is 12.8 Å². The van der Waals surface area contributed by atoms with Crippen molar-refractivity contribution in [2.24, 2.45) is 0 Å². The van der Waals surface area contributed by atoms with Crippen molar-refractivity contribution < 1.29 is 0 Å². The number of anilines is 1. The highest BCUT2D eigenvalue weighted by Crippen LogP contribution is 2.43. The molecule has 0 spiro atoms. The highest BCUT2D eigenvalue weighted by Gasteiger charge is 2.24. The van der Waals surface area contributed by atoms with E-state index in [4.69, 9.17) is 5.73 Å². The first-order valence-corrected chi connectivity index (χ1v) is 6.49. The van der Waals surface area contributed by atoms with Gasteiger partial charge in [0.25, 0.3) is 0 Å². The van der Waals surface area contributed by atoms with Crippen LogP contribution in [0.4, 0.5) is 5.00 Å². The van der Waals surface area contributed by atoms with Crippen LogP contribution in [-0.4, -0.2) is 0 Å². The Morgan fingerprint density at radius 3 is 2.86 bits per heavy atom. The van der Waals surface area contributed by atoms with Crippen LogP contribution in [0.15, 0.2) is 0 Å². The van der Waals surface area contributed by atoms with Gasteiger partial charge in [0.1, 0.15) is 0 Å². The molecule has 1 heterocycles. The number of nitrogens with two attached hydrogens (primary N) is 1. The Kier molecular flexibility index (Phi) is 2.82. The summed E-state index contributed by atoms with van der Waals surface area (Å²) in [6, 6.07) is 0. The summed E-state index contributed by atoms with van der Waals surface area (Å²) in [5.41, 5.74) is 9.12. The summed E-state index contributed by atoms with van der Waals surface area (Å²) < 4.78 is 0. The lowest BCUT2D eigenvalue weighted by Crippen LogP contribution is -2.07. The van der Waals surface area contributed by atoms with Crippen molar-refractivity contribution in [2.75, 3.05) is 5.73 Å². The molecule has 1 atom stereocenters. The summed E-state index contributed by atoms with van der Waals surface area (Å²) in [6.45, 7) is 4.51. The standard InChI is InChI=1S/C12H19NS/c1-3-8-6-5-7-10-9(4-2)12(13)14-11(8)10/h8H,3-7,13H2,1-2H3. The molecule has 0 bridgehead atoms. The van der Waals surface area contributed by atoms with Gasteiger partial charge >= 0.3 is 0 Å². The van der Waals surface area contributed by atoms with Crippen LogP contribution in [0.25, 0.3) is 0 Å². The zero-order valence-electron chi connectivity index (χ0n) is 9.10. The van der Waals surface area contributed by atoms with E-state index >= 15 is 0 Å². The number of thiophene rings is 1. The number of hydrogen-bond donors (Lipinski definition) is 1. The maximum atomic E-state index is 6.07. The van der Waals surface area contributed by atoms with Gasteiger partial charge in [0.05, 0.1) is 5.00 Å². The zero-order valence-corrected chi connectivity index (χ0v) is 9.91. The fraction of sp³-hybridized carbons (Fsp3) is 0.667. The Balaban J connectivity index is 2.45. The van der Waals surface area contributed by atoms with Crippen molar-refractivity contribution in [2.45, 2.75) is 51.9 Å². The summed E-state index contributed by atoms with van der Waals surface area (Å²) in [5.74, 6) is 0.798. The molecule has 1 aromatic rings. The molecular formula is C12H19NS. The van der Waals surface area contributed by atoms with Gasteiger partial charge in [0.15, 0.2) is 0 Å². The second-order valence-electron chi connectivity index (χ2n) is 4.14. The first-order valence-electron chi connectivity index (χ1n) is 5.67. The quantitative estimate of drug-likeness (QED) is 0.789. The van der Waals surface area contributed by atoms with Gasteiger partial charge in [-0.15, -0.1) is 11.3 Å². The molecule has 1 aliphatic rings. The Labute approximate surface area is 90.3 Å². The Bertz CT molecular complexity index is 327. The molecule has 2 N–H and O–H groups in total. The summed E-state index contributed by atoms with van der Waals surface area (Å²) in [5, 5.41) is 1.08. The van der Waals surface area contributed by atoms with Crippen LogP contribution < -0.4 is 5.73 Å². The molecule has 0 saturated carbocycles. The van der Waals surface area contributed by atoms with Gasteiger partial charge in [0, 0.05) is 4.88 Å². The molecule has 0 saturated heterocycles. The second-order valence-corrected chi connectivity index (χ2v) is 5.22. The van der Waals surface area contributed by atoms with Gasteiger partial charge in [-0.2, -0.15) is 0 Å². The average Bonchev–Trinajstić information content (AvgIpc) is 2.52. The Morgan fingerprint density at radius 2 is 2.21 bits per heavy atom. The van der Waals surface area contributed by atoms with E-state index in [1.54, 1.807) is 10.4 Å². The first kappa shape index (κ1) is 10.0. The minimum Gasteiger partial charge on any atom is -0.390 e. The predicted molar refractivity (Wildman–Crippen MR) is 64.1 cm³/mol. The van der Waals surface area contributed by atoms with Crippen LogP contribution in [0.2, 0.25) is 0 Å². The van der Waals surface area contributed by atoms with Crippen molar-refractivity contribution in [3.8, 4) is 0 Å². The minimum atomic E-state index is 0.798. The normalized spacial score (nSPS) is 20.9. The first-order chi connectivity index (χ1) is 6.77. The molecule has 0 fully saturated rings. The average molecular weight is 209 g/mol. The zero-order chi connectivity index (χ0) is 10.1. The largest absolute Gasteiger partial charge is 0.390 e. The molecule has 1 nitrogen and oxygen atoms in total. The van der Waals surface area contributed by atoms with Gasteiger partial charge in [-0.25, -0.2) is 0 Å². The Hall–Kier alpha value is -0.500.